The molecule has 12 aromatic rings. The van der Waals surface area contributed by atoms with Crippen molar-refractivity contribution in [2.75, 3.05) is 19.6 Å². The molecule has 0 aromatic heterocycles. The van der Waals surface area contributed by atoms with E-state index < -0.39 is 0 Å². The minimum Gasteiger partial charge on any atom is -0.310 e. The first-order valence-corrected chi connectivity index (χ1v) is 30.0. The monoisotopic (exact) mass is 1110 g/mol. The molecule has 12 rings (SSSR count). The first kappa shape index (κ1) is 56.3. The molecule has 86 heavy (non-hydrogen) atoms. The van der Waals surface area contributed by atoms with Crippen LogP contribution in [0.15, 0.2) is 267 Å². The molecular formula is C82H74N4. The number of para-hydroxylation sites is 2. The van der Waals surface area contributed by atoms with Crippen molar-refractivity contribution < 1.29 is 0 Å². The number of anilines is 12. The summed E-state index contributed by atoms with van der Waals surface area (Å²) < 4.78 is 0. The van der Waals surface area contributed by atoms with Crippen LogP contribution in [0.3, 0.4) is 0 Å². The summed E-state index contributed by atoms with van der Waals surface area (Å²) in [6, 6.07) is 98.0. The van der Waals surface area contributed by atoms with Crippen molar-refractivity contribution >= 4 is 68.2 Å². The molecule has 0 amide bonds. The van der Waals surface area contributed by atoms with E-state index in [1.54, 1.807) is 0 Å². The second-order valence-electron chi connectivity index (χ2n) is 23.4. The number of aryl methyl sites for hydroxylation is 10. The summed E-state index contributed by atoms with van der Waals surface area (Å²) in [5.74, 6) is 0. The molecule has 0 fully saturated rings. The minimum atomic E-state index is 1.11. The lowest BCUT2D eigenvalue weighted by Crippen LogP contribution is -2.11. The fourth-order valence-electron chi connectivity index (χ4n) is 12.5. The van der Waals surface area contributed by atoms with E-state index in [0.717, 1.165) is 68.2 Å². The third kappa shape index (κ3) is 11.6. The van der Waals surface area contributed by atoms with Crippen molar-refractivity contribution in [3.8, 4) is 33.4 Å². The molecule has 12 aromatic carbocycles. The van der Waals surface area contributed by atoms with Gasteiger partial charge in [-0.3, -0.25) is 0 Å². The van der Waals surface area contributed by atoms with Gasteiger partial charge in [-0.2, -0.15) is 0 Å². The Morgan fingerprint density at radius 1 is 0.151 bits per heavy atom. The van der Waals surface area contributed by atoms with Gasteiger partial charge in [0.25, 0.3) is 0 Å². The van der Waals surface area contributed by atoms with E-state index in [4.69, 9.17) is 0 Å². The smallest absolute Gasteiger partial charge is 0.0464 e. The van der Waals surface area contributed by atoms with E-state index in [1.807, 2.05) is 0 Å². The first-order chi connectivity index (χ1) is 41.7. The zero-order chi connectivity index (χ0) is 59.6. The second kappa shape index (κ2) is 24.2. The highest BCUT2D eigenvalue weighted by Gasteiger charge is 2.22. The predicted molar refractivity (Wildman–Crippen MR) is 369 cm³/mol. The topological polar surface area (TPSA) is 13.0 Å². The summed E-state index contributed by atoms with van der Waals surface area (Å²) in [7, 11) is 0. The normalized spacial score (nSPS) is 11.1. The molecule has 0 heterocycles. The molecular weight excluding hydrogens is 1040 g/mol. The maximum Gasteiger partial charge on any atom is 0.0464 e. The Morgan fingerprint density at radius 2 is 0.326 bits per heavy atom. The largest absolute Gasteiger partial charge is 0.310 e. The van der Waals surface area contributed by atoms with Crippen LogP contribution in [0.1, 0.15) is 55.6 Å². The number of rotatable bonds is 15. The Bertz CT molecular complexity index is 4070. The van der Waals surface area contributed by atoms with Crippen LogP contribution in [0.2, 0.25) is 0 Å². The van der Waals surface area contributed by atoms with Gasteiger partial charge in [-0.1, -0.05) is 121 Å². The van der Waals surface area contributed by atoms with Gasteiger partial charge in [-0.05, 0) is 304 Å². The van der Waals surface area contributed by atoms with Crippen molar-refractivity contribution in [2.45, 2.75) is 69.2 Å². The summed E-state index contributed by atoms with van der Waals surface area (Å²) in [5, 5.41) is 0. The molecule has 0 aliphatic heterocycles. The molecule has 4 heteroatoms. The molecule has 0 saturated heterocycles. The third-order valence-electron chi connectivity index (χ3n) is 16.7. The van der Waals surface area contributed by atoms with E-state index in [0.29, 0.717) is 0 Å². The SMILES string of the molecule is Cc1cccc(N(c2cccc(C)c2)c2ccc(-c3ccc(N(c4ccccc4)c4ccc(-c5ccc(N(c6ccccc6)c6ccc(-c7ccc(N(c8cccc(C)c8)c8cccc(C)c8)cc7C)c(C)c6)cc5C)c(C)c4)cc3C)c(C)c2)c1. The van der Waals surface area contributed by atoms with Gasteiger partial charge in [0, 0.05) is 68.2 Å². The van der Waals surface area contributed by atoms with Crippen LogP contribution in [0, 0.1) is 69.2 Å². The first-order valence-electron chi connectivity index (χ1n) is 30.0. The maximum absolute atomic E-state index is 2.38. The molecule has 0 aliphatic carbocycles. The average molecular weight is 1120 g/mol. The summed E-state index contributed by atoms with van der Waals surface area (Å²) in [6.45, 7) is 22.1. The fourth-order valence-corrected chi connectivity index (χ4v) is 12.5. The molecule has 0 N–H and O–H groups in total. The van der Waals surface area contributed by atoms with Gasteiger partial charge in [0.05, 0.1) is 0 Å². The van der Waals surface area contributed by atoms with Crippen LogP contribution in [0.5, 0.6) is 0 Å². The number of hydrogen-bond acceptors (Lipinski definition) is 4. The summed E-state index contributed by atoms with van der Waals surface area (Å²) in [4.78, 5) is 9.50. The Morgan fingerprint density at radius 3 is 0.512 bits per heavy atom. The molecule has 0 saturated carbocycles. The van der Waals surface area contributed by atoms with Gasteiger partial charge < -0.3 is 19.6 Å². The average Bonchev–Trinajstić information content (AvgIpc) is 1.76. The molecule has 4 nitrogen and oxygen atoms in total. The van der Waals surface area contributed by atoms with Crippen molar-refractivity contribution in [1.29, 1.82) is 0 Å². The van der Waals surface area contributed by atoms with Crippen LogP contribution >= 0.6 is 0 Å². The highest BCUT2D eigenvalue weighted by molar-refractivity contribution is 5.88. The zero-order valence-corrected chi connectivity index (χ0v) is 51.2. The van der Waals surface area contributed by atoms with Gasteiger partial charge in [0.1, 0.15) is 0 Å². The molecule has 0 aliphatic rings. The zero-order valence-electron chi connectivity index (χ0n) is 51.2. The summed E-state index contributed by atoms with van der Waals surface area (Å²) in [6.07, 6.45) is 0. The van der Waals surface area contributed by atoms with E-state index >= 15 is 0 Å². The van der Waals surface area contributed by atoms with Crippen molar-refractivity contribution in [3.05, 3.63) is 323 Å². The fraction of sp³-hybridized carbons (Fsp3) is 0.122. The lowest BCUT2D eigenvalue weighted by Gasteiger charge is -2.28. The lowest BCUT2D eigenvalue weighted by molar-refractivity contribution is 1.24. The van der Waals surface area contributed by atoms with Crippen LogP contribution in [-0.4, -0.2) is 0 Å². The van der Waals surface area contributed by atoms with Crippen molar-refractivity contribution in [3.63, 3.8) is 0 Å². The van der Waals surface area contributed by atoms with Gasteiger partial charge in [0.2, 0.25) is 0 Å². The molecule has 0 atom stereocenters. The summed E-state index contributed by atoms with van der Waals surface area (Å²) in [5.41, 5.74) is 33.1. The van der Waals surface area contributed by atoms with Crippen molar-refractivity contribution in [1.82, 2.24) is 0 Å². The molecule has 0 unspecified atom stereocenters. The highest BCUT2D eigenvalue weighted by atomic mass is 15.2. The van der Waals surface area contributed by atoms with Gasteiger partial charge in [0.15, 0.2) is 0 Å². The van der Waals surface area contributed by atoms with Crippen LogP contribution in [0.25, 0.3) is 33.4 Å². The van der Waals surface area contributed by atoms with E-state index in [9.17, 15) is 0 Å². The Labute approximate surface area is 510 Å². The standard InChI is InChI=1S/C82H74N4/c1-55-21-17-29-67(45-55)85(68-30-18-22-56(2)46-68)75-37-43-81(63(9)53-75)79-41-35-73(51-61(79)7)83(65-25-13-11-14-26-65)71-33-39-77(59(5)49-71)78-40-34-72(50-60(78)6)84(66-27-15-12-16-28-66)74-36-42-80(62(8)52-74)82-44-38-76(54-64(82)10)86(69-31-19-23-57(3)47-69)70-32-20-24-58(4)48-70/h11-54H,1-10H3. The lowest BCUT2D eigenvalue weighted by atomic mass is 9.94. The van der Waals surface area contributed by atoms with Gasteiger partial charge in [-0.25, -0.2) is 0 Å². The third-order valence-corrected chi connectivity index (χ3v) is 16.7. The van der Waals surface area contributed by atoms with E-state index in [2.05, 4.69) is 356 Å². The molecule has 0 bridgehead atoms. The van der Waals surface area contributed by atoms with Gasteiger partial charge in [-0.15, -0.1) is 0 Å². The Kier molecular flexibility index (Phi) is 15.9. The van der Waals surface area contributed by atoms with Crippen LogP contribution < -0.4 is 19.6 Å². The minimum absolute atomic E-state index is 1.11. The maximum atomic E-state index is 2.38. The molecule has 0 spiro atoms. The van der Waals surface area contributed by atoms with E-state index in [-0.39, 0.29) is 0 Å². The van der Waals surface area contributed by atoms with E-state index in [1.165, 1.54) is 89.0 Å². The number of hydrogen-bond donors (Lipinski definition) is 0. The second-order valence-corrected chi connectivity index (χ2v) is 23.4. The highest BCUT2D eigenvalue weighted by Crippen LogP contribution is 2.45. The van der Waals surface area contributed by atoms with Gasteiger partial charge >= 0.3 is 0 Å². The number of nitrogens with zero attached hydrogens (tertiary/aromatic N) is 4. The van der Waals surface area contributed by atoms with Crippen LogP contribution in [-0.2, 0) is 0 Å². The quantitative estimate of drug-likeness (QED) is 0.101. The van der Waals surface area contributed by atoms with Crippen molar-refractivity contribution in [2.24, 2.45) is 0 Å². The molecule has 0 radical (unpaired) electrons. The summed E-state index contributed by atoms with van der Waals surface area (Å²) >= 11 is 0. The molecule has 422 valence electrons. The Hall–Kier alpha value is -10.2. The predicted octanol–water partition coefficient (Wildman–Crippen LogP) is 23.7. The van der Waals surface area contributed by atoms with Crippen LogP contribution in [0.4, 0.5) is 68.2 Å². The number of benzene rings is 12. The Balaban J connectivity index is 0.829.